The molecule has 1 atom stereocenters. The summed E-state index contributed by atoms with van der Waals surface area (Å²) in [6.45, 7) is 10.9. The van der Waals surface area contributed by atoms with Gasteiger partial charge in [-0.05, 0) is 41.0 Å². The topological polar surface area (TPSA) is 89.0 Å². The molecule has 22 heavy (non-hydrogen) atoms. The van der Waals surface area contributed by atoms with Gasteiger partial charge < -0.3 is 14.8 Å². The number of alkyl carbamates (subject to hydrolysis) is 1. The summed E-state index contributed by atoms with van der Waals surface area (Å²) in [5.41, 5.74) is 1.70. The molecule has 0 aromatic heterocycles. The second-order valence-electron chi connectivity index (χ2n) is 6.24. The van der Waals surface area contributed by atoms with E-state index in [1.807, 2.05) is 0 Å². The Morgan fingerprint density at radius 1 is 1.23 bits per heavy atom. The Morgan fingerprint density at radius 2 is 1.86 bits per heavy atom. The molecule has 7 nitrogen and oxygen atoms in total. The van der Waals surface area contributed by atoms with Crippen molar-refractivity contribution in [1.29, 1.82) is 0 Å². The number of amides is 2. The molecule has 7 heteroatoms. The molecule has 2 amide bonds. The quantitative estimate of drug-likeness (QED) is 0.558. The van der Waals surface area contributed by atoms with Crippen LogP contribution < -0.4 is 10.7 Å². The number of rotatable bonds is 7. The molecule has 2 N–H and O–H groups in total. The summed E-state index contributed by atoms with van der Waals surface area (Å²) in [4.78, 5) is 23.1. The van der Waals surface area contributed by atoms with E-state index in [4.69, 9.17) is 9.47 Å². The second kappa shape index (κ2) is 10.0. The van der Waals surface area contributed by atoms with Crippen molar-refractivity contribution in [3.63, 3.8) is 0 Å². The van der Waals surface area contributed by atoms with Crippen LogP contribution >= 0.6 is 0 Å². The summed E-state index contributed by atoms with van der Waals surface area (Å²) >= 11 is 0. The maximum atomic E-state index is 11.8. The largest absolute Gasteiger partial charge is 0.446 e. The predicted molar refractivity (Wildman–Crippen MR) is 85.9 cm³/mol. The highest BCUT2D eigenvalue weighted by molar-refractivity contribution is 5.76. The smallest absolute Gasteiger partial charge is 0.427 e. The lowest BCUT2D eigenvalue weighted by Crippen LogP contribution is -2.40. The fourth-order valence-electron chi connectivity index (χ4n) is 1.49. The zero-order chi connectivity index (χ0) is 17.2. The van der Waals surface area contributed by atoms with Crippen molar-refractivity contribution in [2.75, 3.05) is 0 Å². The summed E-state index contributed by atoms with van der Waals surface area (Å²) in [5, 5.41) is 6.53. The van der Waals surface area contributed by atoms with E-state index in [0.717, 1.165) is 12.8 Å². The first-order chi connectivity index (χ1) is 10.1. The number of hydrogen-bond donors (Lipinski definition) is 2. The van der Waals surface area contributed by atoms with Crippen molar-refractivity contribution < 1.29 is 19.1 Å². The second-order valence-corrected chi connectivity index (χ2v) is 6.24. The Morgan fingerprint density at radius 3 is 2.36 bits per heavy atom. The van der Waals surface area contributed by atoms with Gasteiger partial charge in [0.05, 0.1) is 12.1 Å². The third-order valence-corrected chi connectivity index (χ3v) is 2.32. The van der Waals surface area contributed by atoms with Crippen LogP contribution in [0.15, 0.2) is 5.10 Å². The fourth-order valence-corrected chi connectivity index (χ4v) is 1.49. The van der Waals surface area contributed by atoms with Crippen LogP contribution in [0.1, 0.15) is 60.8 Å². The normalized spacial score (nSPS) is 13.0. The molecule has 0 aliphatic rings. The summed E-state index contributed by atoms with van der Waals surface area (Å²) in [6, 6.07) is -0.311. The molecule has 0 aromatic carbocycles. The highest BCUT2D eigenvalue weighted by atomic mass is 16.6. The average Bonchev–Trinajstić information content (AvgIpc) is 2.32. The number of nitrogens with zero attached hydrogens (tertiary/aromatic N) is 1. The number of nitrogens with one attached hydrogen (secondary N) is 2. The van der Waals surface area contributed by atoms with Gasteiger partial charge in [0.15, 0.2) is 0 Å². The highest BCUT2D eigenvalue weighted by Gasteiger charge is 2.18. The molecule has 0 rings (SSSR count). The number of hydrogen-bond acceptors (Lipinski definition) is 5. The molecule has 0 aliphatic heterocycles. The lowest BCUT2D eigenvalue weighted by Gasteiger charge is -2.22. The van der Waals surface area contributed by atoms with E-state index in [0.29, 0.717) is 6.42 Å². The van der Waals surface area contributed by atoms with E-state index >= 15 is 0 Å². The molecule has 0 radical (unpaired) electrons. The van der Waals surface area contributed by atoms with E-state index in [2.05, 4.69) is 22.8 Å². The molecular formula is C15H29N3O4. The van der Waals surface area contributed by atoms with Gasteiger partial charge in [-0.1, -0.05) is 19.8 Å². The van der Waals surface area contributed by atoms with Crippen LogP contribution in [0.3, 0.4) is 0 Å². The van der Waals surface area contributed by atoms with Crippen molar-refractivity contribution in [1.82, 2.24) is 10.7 Å². The van der Waals surface area contributed by atoms with Crippen molar-refractivity contribution >= 4 is 18.4 Å². The summed E-state index contributed by atoms with van der Waals surface area (Å²) in [5.74, 6) is 0. The van der Waals surface area contributed by atoms with E-state index in [9.17, 15) is 9.59 Å². The standard InChI is InChI=1S/C15H29N3O4/c1-7-8-9-12(17-13(19)22-15(4,5)6)10-16-18-14(20)21-11(2)3/h10-12H,7-9H2,1-6H3,(H,17,19)(H,18,20)/b16-10+/t12-/m0/s1. The van der Waals surface area contributed by atoms with E-state index in [1.54, 1.807) is 34.6 Å². The minimum absolute atomic E-state index is 0.217. The summed E-state index contributed by atoms with van der Waals surface area (Å²) < 4.78 is 10.1. The Hall–Kier alpha value is -1.79. The van der Waals surface area contributed by atoms with E-state index in [1.165, 1.54) is 6.21 Å². The Labute approximate surface area is 132 Å². The lowest BCUT2D eigenvalue weighted by atomic mass is 10.1. The molecule has 0 aliphatic carbocycles. The van der Waals surface area contributed by atoms with Crippen molar-refractivity contribution in [2.45, 2.75) is 78.6 Å². The number of hydrazone groups is 1. The number of carbonyl (C=O) groups excluding carboxylic acids is 2. The van der Waals surface area contributed by atoms with E-state index < -0.39 is 17.8 Å². The SMILES string of the molecule is CCCC[C@@H](/C=N/NC(=O)OC(C)C)NC(=O)OC(C)(C)C. The highest BCUT2D eigenvalue weighted by Crippen LogP contribution is 2.07. The van der Waals surface area contributed by atoms with Gasteiger partial charge in [-0.2, -0.15) is 5.10 Å². The maximum Gasteiger partial charge on any atom is 0.427 e. The van der Waals surface area contributed by atoms with Gasteiger partial charge >= 0.3 is 12.2 Å². The van der Waals surface area contributed by atoms with Crippen LogP contribution in [0.2, 0.25) is 0 Å². The lowest BCUT2D eigenvalue weighted by molar-refractivity contribution is 0.0517. The number of ether oxygens (including phenoxy) is 2. The fraction of sp³-hybridized carbons (Fsp3) is 0.800. The first-order valence-corrected chi connectivity index (χ1v) is 7.63. The molecule has 0 heterocycles. The van der Waals surface area contributed by atoms with Crippen molar-refractivity contribution in [3.05, 3.63) is 0 Å². The minimum atomic E-state index is -0.627. The summed E-state index contributed by atoms with van der Waals surface area (Å²) in [6.07, 6.45) is 2.74. The Kier molecular flexibility index (Phi) is 9.21. The van der Waals surface area contributed by atoms with Gasteiger partial charge in [0.2, 0.25) is 0 Å². The molecule has 0 spiro atoms. The van der Waals surface area contributed by atoms with Gasteiger partial charge in [0, 0.05) is 6.21 Å². The maximum absolute atomic E-state index is 11.8. The Bertz CT molecular complexity index is 375. The Balaban J connectivity index is 4.44. The predicted octanol–water partition coefficient (Wildman–Crippen LogP) is 3.19. The molecule has 0 saturated carbocycles. The number of unbranched alkanes of at least 4 members (excludes halogenated alkanes) is 1. The van der Waals surface area contributed by atoms with Gasteiger partial charge in [-0.25, -0.2) is 15.0 Å². The zero-order valence-electron chi connectivity index (χ0n) is 14.4. The monoisotopic (exact) mass is 315 g/mol. The third kappa shape index (κ3) is 12.0. The third-order valence-electron chi connectivity index (χ3n) is 2.32. The summed E-state index contributed by atoms with van der Waals surface area (Å²) in [7, 11) is 0. The van der Waals surface area contributed by atoms with Gasteiger partial charge in [-0.15, -0.1) is 0 Å². The van der Waals surface area contributed by atoms with Crippen LogP contribution in [0.25, 0.3) is 0 Å². The van der Waals surface area contributed by atoms with Crippen LogP contribution in [-0.4, -0.2) is 36.1 Å². The van der Waals surface area contributed by atoms with Gasteiger partial charge in [-0.3, -0.25) is 0 Å². The van der Waals surface area contributed by atoms with Gasteiger partial charge in [0.25, 0.3) is 0 Å². The zero-order valence-corrected chi connectivity index (χ0v) is 14.4. The van der Waals surface area contributed by atoms with Crippen LogP contribution in [0, 0.1) is 0 Å². The van der Waals surface area contributed by atoms with Crippen molar-refractivity contribution in [3.8, 4) is 0 Å². The van der Waals surface area contributed by atoms with E-state index in [-0.39, 0.29) is 12.1 Å². The minimum Gasteiger partial charge on any atom is -0.446 e. The van der Waals surface area contributed by atoms with Gasteiger partial charge in [0.1, 0.15) is 5.60 Å². The van der Waals surface area contributed by atoms with Crippen LogP contribution in [0.4, 0.5) is 9.59 Å². The first kappa shape index (κ1) is 20.2. The van der Waals surface area contributed by atoms with Crippen LogP contribution in [0.5, 0.6) is 0 Å². The van der Waals surface area contributed by atoms with Crippen LogP contribution in [-0.2, 0) is 9.47 Å². The molecule has 0 unspecified atom stereocenters. The molecule has 128 valence electrons. The molecule has 0 bridgehead atoms. The molecule has 0 aromatic rings. The number of carbonyl (C=O) groups is 2. The average molecular weight is 315 g/mol. The van der Waals surface area contributed by atoms with Crippen molar-refractivity contribution in [2.24, 2.45) is 5.10 Å². The first-order valence-electron chi connectivity index (χ1n) is 7.63. The molecule has 0 fully saturated rings. The molecular weight excluding hydrogens is 286 g/mol. The molecule has 0 saturated heterocycles.